The van der Waals surface area contributed by atoms with E-state index in [4.69, 9.17) is 9.47 Å². The van der Waals surface area contributed by atoms with Crippen LogP contribution in [-0.2, 0) is 16.0 Å². The van der Waals surface area contributed by atoms with Gasteiger partial charge >= 0.3 is 5.97 Å². The zero-order chi connectivity index (χ0) is 19.1. The highest BCUT2D eigenvalue weighted by atomic mass is 16.5. The van der Waals surface area contributed by atoms with Crippen LogP contribution in [0.25, 0.3) is 0 Å². The minimum Gasteiger partial charge on any atom is -0.494 e. The van der Waals surface area contributed by atoms with E-state index in [-0.39, 0.29) is 5.91 Å². The smallest absolute Gasteiger partial charge is 0.338 e. The van der Waals surface area contributed by atoms with Crippen LogP contribution in [0.2, 0.25) is 0 Å². The molecule has 0 saturated carbocycles. The van der Waals surface area contributed by atoms with Crippen LogP contribution in [-0.4, -0.2) is 24.6 Å². The van der Waals surface area contributed by atoms with Gasteiger partial charge < -0.3 is 14.8 Å². The van der Waals surface area contributed by atoms with Crippen LogP contribution in [0.3, 0.4) is 0 Å². The number of rotatable bonds is 7. The van der Waals surface area contributed by atoms with Crippen LogP contribution >= 0.6 is 0 Å². The number of anilines is 1. The molecule has 0 aliphatic heterocycles. The highest BCUT2D eigenvalue weighted by Crippen LogP contribution is 2.21. The summed E-state index contributed by atoms with van der Waals surface area (Å²) in [5.41, 5.74) is 3.17. The fourth-order valence-corrected chi connectivity index (χ4v) is 2.56. The lowest BCUT2D eigenvalue weighted by molar-refractivity contribution is -0.123. The number of benzene rings is 2. The average molecular weight is 355 g/mol. The van der Waals surface area contributed by atoms with E-state index in [2.05, 4.69) is 5.32 Å². The lowest BCUT2D eigenvalue weighted by Gasteiger charge is -2.17. The molecule has 1 atom stereocenters. The Morgan fingerprint density at radius 1 is 1.08 bits per heavy atom. The predicted molar refractivity (Wildman–Crippen MR) is 102 cm³/mol. The Hall–Kier alpha value is -2.82. The molecule has 0 spiro atoms. The normalized spacial score (nSPS) is 11.5. The van der Waals surface area contributed by atoms with Crippen molar-refractivity contribution in [3.8, 4) is 5.75 Å². The third-order valence-electron chi connectivity index (χ3n) is 4.04. The molecule has 0 bridgehead atoms. The van der Waals surface area contributed by atoms with Crippen molar-refractivity contribution in [1.29, 1.82) is 0 Å². The van der Waals surface area contributed by atoms with Gasteiger partial charge in [0.15, 0.2) is 6.10 Å². The Morgan fingerprint density at radius 2 is 1.77 bits per heavy atom. The summed E-state index contributed by atoms with van der Waals surface area (Å²) in [5, 5.41) is 2.88. The van der Waals surface area contributed by atoms with Gasteiger partial charge in [-0.1, -0.05) is 25.1 Å². The number of aryl methyl sites for hydroxylation is 2. The van der Waals surface area contributed by atoms with E-state index in [0.717, 1.165) is 23.2 Å². The second-order valence-corrected chi connectivity index (χ2v) is 5.96. The van der Waals surface area contributed by atoms with Crippen molar-refractivity contribution >= 4 is 17.6 Å². The SMILES string of the molecule is CCOc1ccc(C(=O)O[C@H](C)C(=O)Nc2c(C)cccc2CC)cc1. The molecule has 0 aromatic heterocycles. The van der Waals surface area contributed by atoms with Crippen LogP contribution in [0.5, 0.6) is 5.75 Å². The number of carbonyl (C=O) groups is 2. The quantitative estimate of drug-likeness (QED) is 0.758. The summed E-state index contributed by atoms with van der Waals surface area (Å²) in [5.74, 6) is -0.217. The number of nitrogens with one attached hydrogen (secondary N) is 1. The number of ether oxygens (including phenoxy) is 2. The van der Waals surface area contributed by atoms with Crippen LogP contribution < -0.4 is 10.1 Å². The zero-order valence-electron chi connectivity index (χ0n) is 15.7. The molecule has 26 heavy (non-hydrogen) atoms. The average Bonchev–Trinajstić information content (AvgIpc) is 2.64. The highest BCUT2D eigenvalue weighted by Gasteiger charge is 2.20. The Kier molecular flexibility index (Phi) is 6.78. The number of hydrogen-bond donors (Lipinski definition) is 1. The maximum absolute atomic E-state index is 12.4. The van der Waals surface area contributed by atoms with Crippen molar-refractivity contribution < 1.29 is 19.1 Å². The van der Waals surface area contributed by atoms with E-state index in [9.17, 15) is 9.59 Å². The maximum Gasteiger partial charge on any atom is 0.338 e. The molecule has 0 heterocycles. The first kappa shape index (κ1) is 19.5. The fourth-order valence-electron chi connectivity index (χ4n) is 2.56. The molecule has 2 aromatic carbocycles. The van der Waals surface area contributed by atoms with Gasteiger partial charge in [-0.2, -0.15) is 0 Å². The first-order chi connectivity index (χ1) is 12.5. The van der Waals surface area contributed by atoms with Gasteiger partial charge in [0.05, 0.1) is 12.2 Å². The molecule has 5 heteroatoms. The van der Waals surface area contributed by atoms with Crippen molar-refractivity contribution in [2.24, 2.45) is 0 Å². The fraction of sp³-hybridized carbons (Fsp3) is 0.333. The van der Waals surface area contributed by atoms with E-state index in [1.807, 2.05) is 39.0 Å². The summed E-state index contributed by atoms with van der Waals surface area (Å²) >= 11 is 0. The Bertz CT molecular complexity index is 768. The molecule has 2 aromatic rings. The van der Waals surface area contributed by atoms with E-state index < -0.39 is 12.1 Å². The highest BCUT2D eigenvalue weighted by molar-refractivity contribution is 5.98. The van der Waals surface area contributed by atoms with Gasteiger partial charge in [0.25, 0.3) is 5.91 Å². The Labute approximate surface area is 154 Å². The third-order valence-corrected chi connectivity index (χ3v) is 4.04. The van der Waals surface area contributed by atoms with Crippen molar-refractivity contribution in [1.82, 2.24) is 0 Å². The molecule has 0 aliphatic carbocycles. The second kappa shape index (κ2) is 9.04. The lowest BCUT2D eigenvalue weighted by atomic mass is 10.1. The standard InChI is InChI=1S/C21H25NO4/c1-5-16-9-7-8-14(3)19(16)22-20(23)15(4)26-21(24)17-10-12-18(13-11-17)25-6-2/h7-13,15H,5-6H2,1-4H3,(H,22,23)/t15-/m1/s1. The second-order valence-electron chi connectivity index (χ2n) is 5.96. The monoisotopic (exact) mass is 355 g/mol. The number of amides is 1. The third kappa shape index (κ3) is 4.85. The molecule has 0 aliphatic rings. The lowest BCUT2D eigenvalue weighted by Crippen LogP contribution is -2.30. The van der Waals surface area contributed by atoms with Gasteiger partial charge in [0.1, 0.15) is 5.75 Å². The molecule has 0 radical (unpaired) electrons. The molecular formula is C21H25NO4. The van der Waals surface area contributed by atoms with Gasteiger partial charge in [-0.15, -0.1) is 0 Å². The molecule has 0 saturated heterocycles. The molecule has 2 rings (SSSR count). The van der Waals surface area contributed by atoms with Gasteiger partial charge in [-0.3, -0.25) is 4.79 Å². The molecule has 138 valence electrons. The minimum absolute atomic E-state index is 0.353. The van der Waals surface area contributed by atoms with Crippen LogP contribution in [0.15, 0.2) is 42.5 Å². The summed E-state index contributed by atoms with van der Waals surface area (Å²) < 4.78 is 10.6. The van der Waals surface area contributed by atoms with Crippen molar-refractivity contribution in [3.63, 3.8) is 0 Å². The maximum atomic E-state index is 12.4. The van der Waals surface area contributed by atoms with Gasteiger partial charge in [0.2, 0.25) is 0 Å². The van der Waals surface area contributed by atoms with E-state index >= 15 is 0 Å². The largest absolute Gasteiger partial charge is 0.494 e. The molecule has 1 N–H and O–H groups in total. The number of esters is 1. The van der Waals surface area contributed by atoms with E-state index in [1.54, 1.807) is 31.2 Å². The van der Waals surface area contributed by atoms with E-state index in [1.165, 1.54) is 0 Å². The number of carbonyl (C=O) groups excluding carboxylic acids is 2. The van der Waals surface area contributed by atoms with Gasteiger partial charge in [-0.05, 0) is 62.6 Å². The Balaban J connectivity index is 2.01. The Morgan fingerprint density at radius 3 is 2.38 bits per heavy atom. The van der Waals surface area contributed by atoms with Crippen molar-refractivity contribution in [2.45, 2.75) is 40.2 Å². The van der Waals surface area contributed by atoms with Gasteiger partial charge in [0, 0.05) is 5.69 Å². The van der Waals surface area contributed by atoms with Crippen molar-refractivity contribution in [2.75, 3.05) is 11.9 Å². The molecule has 0 unspecified atom stereocenters. The van der Waals surface area contributed by atoms with E-state index in [0.29, 0.717) is 17.9 Å². The number of hydrogen-bond acceptors (Lipinski definition) is 4. The minimum atomic E-state index is -0.904. The number of para-hydroxylation sites is 1. The van der Waals surface area contributed by atoms with Crippen LogP contribution in [0, 0.1) is 6.92 Å². The zero-order valence-corrected chi connectivity index (χ0v) is 15.7. The summed E-state index contributed by atoms with van der Waals surface area (Å²) in [7, 11) is 0. The van der Waals surface area contributed by atoms with Crippen LogP contribution in [0.4, 0.5) is 5.69 Å². The summed E-state index contributed by atoms with van der Waals surface area (Å²) in [6, 6.07) is 12.5. The first-order valence-corrected chi connectivity index (χ1v) is 8.79. The predicted octanol–water partition coefficient (Wildman–Crippen LogP) is 4.14. The molecule has 1 amide bonds. The summed E-state index contributed by atoms with van der Waals surface area (Å²) in [6.45, 7) is 7.97. The summed E-state index contributed by atoms with van der Waals surface area (Å²) in [6.07, 6.45) is -0.101. The molecule has 0 fully saturated rings. The van der Waals surface area contributed by atoms with Gasteiger partial charge in [-0.25, -0.2) is 4.79 Å². The van der Waals surface area contributed by atoms with Crippen LogP contribution in [0.1, 0.15) is 42.3 Å². The first-order valence-electron chi connectivity index (χ1n) is 8.79. The molecule has 5 nitrogen and oxygen atoms in total. The van der Waals surface area contributed by atoms with Crippen molar-refractivity contribution in [3.05, 3.63) is 59.2 Å². The topological polar surface area (TPSA) is 64.6 Å². The molecular weight excluding hydrogens is 330 g/mol. The summed E-state index contributed by atoms with van der Waals surface area (Å²) in [4.78, 5) is 24.7.